The lowest BCUT2D eigenvalue weighted by atomic mass is 10.1. The van der Waals surface area contributed by atoms with Crippen LogP contribution in [0.1, 0.15) is 123 Å². The number of pyridine rings is 6. The van der Waals surface area contributed by atoms with Gasteiger partial charge < -0.3 is 19.7 Å². The summed E-state index contributed by atoms with van der Waals surface area (Å²) in [5, 5.41) is 44.3. The van der Waals surface area contributed by atoms with E-state index in [0.717, 1.165) is 74.3 Å². The number of allylic oxidation sites excluding steroid dienone is 9. The summed E-state index contributed by atoms with van der Waals surface area (Å²) in [5.74, 6) is 3.50. The van der Waals surface area contributed by atoms with Crippen molar-refractivity contribution in [3.8, 4) is 0 Å². The van der Waals surface area contributed by atoms with Crippen molar-refractivity contribution in [2.45, 2.75) is 163 Å². The first-order chi connectivity index (χ1) is 52.6. The fourth-order valence-corrected chi connectivity index (χ4v) is 12.2. The highest BCUT2D eigenvalue weighted by atomic mass is 15.5. The third-order valence-electron chi connectivity index (χ3n) is 18.2. The first kappa shape index (κ1) is 78.1. The van der Waals surface area contributed by atoms with Gasteiger partial charge in [0, 0.05) is 93.4 Å². The van der Waals surface area contributed by atoms with E-state index >= 15 is 0 Å². The average Bonchev–Trinajstić information content (AvgIpc) is 1.68. The van der Waals surface area contributed by atoms with E-state index in [1.807, 2.05) is 215 Å². The van der Waals surface area contributed by atoms with Crippen molar-refractivity contribution in [1.82, 2.24) is 98.0 Å². The average molecular weight is 1470 g/mol. The molecule has 0 radical (unpaired) electrons. The normalized spacial score (nSPS) is 17.4. The van der Waals surface area contributed by atoms with Gasteiger partial charge in [-0.2, -0.15) is 10.2 Å². The Bertz CT molecular complexity index is 5510. The predicted molar refractivity (Wildman–Crippen MR) is 435 cm³/mol. The molecule has 20 heterocycles. The molecule has 110 heavy (non-hydrogen) atoms. The molecule has 0 saturated carbocycles. The molecule has 20 rings (SSSR count). The lowest BCUT2D eigenvalue weighted by Gasteiger charge is -2.24. The van der Waals surface area contributed by atoms with Crippen LogP contribution in [0.4, 0.5) is 0 Å². The summed E-state index contributed by atoms with van der Waals surface area (Å²) in [4.78, 5) is 17.0. The van der Waals surface area contributed by atoms with Gasteiger partial charge in [0.05, 0.1) is 28.0 Å². The van der Waals surface area contributed by atoms with Crippen molar-refractivity contribution in [1.29, 1.82) is 0 Å². The maximum atomic E-state index is 4.34. The maximum absolute atomic E-state index is 4.34. The van der Waals surface area contributed by atoms with E-state index in [4.69, 9.17) is 0 Å². The van der Waals surface area contributed by atoms with Crippen LogP contribution in [-0.4, -0.2) is 132 Å². The van der Waals surface area contributed by atoms with Crippen LogP contribution in [0.15, 0.2) is 262 Å². The molecule has 26 nitrogen and oxygen atoms in total. The summed E-state index contributed by atoms with van der Waals surface area (Å²) in [6, 6.07) is 25.8. The van der Waals surface area contributed by atoms with Gasteiger partial charge in [-0.15, -0.1) is 29.8 Å². The molecule has 0 spiro atoms. The zero-order valence-electron chi connectivity index (χ0n) is 66.7. The fourth-order valence-electron chi connectivity index (χ4n) is 12.2. The van der Waals surface area contributed by atoms with Crippen LogP contribution in [0, 0.1) is 83.1 Å². The summed E-state index contributed by atoms with van der Waals surface area (Å²) in [5.41, 5.74) is 31.6. The molecule has 26 heteroatoms. The largest absolute Gasteiger partial charge is 0.307 e. The number of imidazole rings is 2. The summed E-state index contributed by atoms with van der Waals surface area (Å²) >= 11 is 0. The standard InChI is InChI=1S/2C9H10N2.2C9H12N2.2C8H9N3.C8H10N3.2C8H9N3.C8H10N3/c1-7-3-4-11-6-8(2)10-9(11)5-7;1-7-3-4-11-8(2)6-10-9(11)5-7;1-7-3-4-11-9(5-7)8(2)6-10-11;1-7-3-4-11-9(5-7)6-8(2)10-11;1-6-3-4-11-7(2)9-10-8(11)5-6;1-6-3-4-11-8(5-6)9-7(2)10-11;1-6-3-4-11-8(5-6)7(2)9-10-11;1-6-3-4-8-10-9-7(2)11(8)5-6;1-6-3-4-8-9-7(2)10-11(8)5-6;1-6-3-4-8-7(2)9-10-11(8)5-6/h2*3-6H,1-2H3;2*3-6,9-10H,1-2H3;2*3-5H,1-2H3;3-5,8H,1-2H3;2*3-5H,1-2H3;3-5,8H,1-2H3/q;;;;;;+1;;;+1. The van der Waals surface area contributed by atoms with E-state index in [-0.39, 0.29) is 12.1 Å². The van der Waals surface area contributed by atoms with E-state index in [0.29, 0.717) is 12.1 Å². The lowest BCUT2D eigenvalue weighted by molar-refractivity contribution is -0.535. The third-order valence-corrected chi connectivity index (χ3v) is 18.2. The Morgan fingerprint density at radius 1 is 0.427 bits per heavy atom. The van der Waals surface area contributed by atoms with Crippen molar-refractivity contribution >= 4 is 45.3 Å². The molecule has 0 aliphatic carbocycles. The Hall–Kier alpha value is -13.0. The molecule has 0 saturated heterocycles. The Morgan fingerprint density at radius 2 is 1.01 bits per heavy atom. The minimum Gasteiger partial charge on any atom is -0.307 e. The Morgan fingerprint density at radius 3 is 1.75 bits per heavy atom. The SMILES string of the molecule is CC1=CC2C(C)=CNN2C=C1.CC1=CC2C(C)=NN=[N+]2C=C1.CC1=CC2C=C(C)NN2C=C1.CC1=C[N+]2=NN=C(C)C2C=C1.Cc1ccc2nc(C)nn2c1.Cc1ccc2nnc(C)n2c1.Cc1ccn2c(C)cnc2c1.Cc1ccn2c(C)nnc2c1.Cc1ccn2cc(C)nc2c1.Cc1ccn2nc(C)nc2c1. The maximum Gasteiger partial charge on any atom is 0.205 e. The number of nitrogens with zero attached hydrogens (tertiary/aromatic N) is 24. The van der Waals surface area contributed by atoms with Gasteiger partial charge in [-0.05, 0) is 272 Å². The lowest BCUT2D eigenvalue weighted by Crippen LogP contribution is -2.33. The van der Waals surface area contributed by atoms with Crippen LogP contribution in [0.5, 0.6) is 0 Å². The summed E-state index contributed by atoms with van der Waals surface area (Å²) in [6.07, 6.45) is 45.4. The van der Waals surface area contributed by atoms with E-state index in [1.54, 1.807) is 9.03 Å². The molecule has 564 valence electrons. The van der Waals surface area contributed by atoms with Crippen molar-refractivity contribution in [2.24, 2.45) is 20.6 Å². The molecule has 8 aliphatic rings. The highest BCUT2D eigenvalue weighted by Crippen LogP contribution is 2.23. The minimum atomic E-state index is 0.277. The second-order valence-electron chi connectivity index (χ2n) is 28.3. The topological polar surface area (TPSA) is 241 Å². The van der Waals surface area contributed by atoms with Gasteiger partial charge in [0.2, 0.25) is 23.5 Å². The van der Waals surface area contributed by atoms with Crippen LogP contribution < -0.4 is 10.9 Å². The highest BCUT2D eigenvalue weighted by Gasteiger charge is 2.31. The van der Waals surface area contributed by atoms with E-state index in [2.05, 4.69) is 251 Å². The zero-order valence-corrected chi connectivity index (χ0v) is 66.7. The fraction of sp³-hybridized carbons (Fsp3) is 0.286. The van der Waals surface area contributed by atoms with Gasteiger partial charge in [-0.3, -0.25) is 18.8 Å². The smallest absolute Gasteiger partial charge is 0.205 e. The number of hydrazine groups is 2. The van der Waals surface area contributed by atoms with E-state index < -0.39 is 0 Å². The molecular formula is C84H100N26+2. The molecule has 0 fully saturated rings. The molecule has 12 aromatic heterocycles. The first-order valence-corrected chi connectivity index (χ1v) is 36.6. The molecule has 0 amide bonds. The second kappa shape index (κ2) is 35.1. The highest BCUT2D eigenvalue weighted by molar-refractivity contribution is 5.89. The number of hydrogen-bond acceptors (Lipinski definition) is 18. The summed E-state index contributed by atoms with van der Waals surface area (Å²) < 4.78 is 15.4. The Balaban J connectivity index is 0.000000121. The van der Waals surface area contributed by atoms with Crippen LogP contribution in [0.25, 0.3) is 33.9 Å². The molecule has 4 unspecified atom stereocenters. The van der Waals surface area contributed by atoms with Gasteiger partial charge in [-0.25, -0.2) is 29.0 Å². The van der Waals surface area contributed by atoms with Crippen molar-refractivity contribution in [3.63, 3.8) is 0 Å². The molecule has 12 aromatic rings. The number of fused-ring (bicyclic) bond motifs is 10. The van der Waals surface area contributed by atoms with Gasteiger partial charge >= 0.3 is 0 Å². The van der Waals surface area contributed by atoms with Crippen LogP contribution >= 0.6 is 0 Å². The van der Waals surface area contributed by atoms with Crippen LogP contribution in [0.2, 0.25) is 0 Å². The number of nitrogens with one attached hydrogen (secondary N) is 2. The monoisotopic (exact) mass is 1470 g/mol. The molecular weight excluding hydrogens is 1370 g/mol. The quantitative estimate of drug-likeness (QED) is 0.134. The van der Waals surface area contributed by atoms with Crippen molar-refractivity contribution in [2.75, 3.05) is 0 Å². The molecule has 4 atom stereocenters. The van der Waals surface area contributed by atoms with E-state index in [1.165, 1.54) is 72.6 Å². The minimum absolute atomic E-state index is 0.277. The number of rotatable bonds is 0. The summed E-state index contributed by atoms with van der Waals surface area (Å²) in [6.45, 7) is 40.6. The molecule has 2 N–H and O–H groups in total. The molecule has 8 aliphatic heterocycles. The van der Waals surface area contributed by atoms with Gasteiger partial charge in [0.1, 0.15) is 57.4 Å². The molecule has 0 aromatic carbocycles. The predicted octanol–water partition coefficient (Wildman–Crippen LogP) is 15.8. The zero-order chi connectivity index (χ0) is 78.4. The van der Waals surface area contributed by atoms with E-state index in [9.17, 15) is 0 Å². The Kier molecular flexibility index (Phi) is 25.0. The van der Waals surface area contributed by atoms with Gasteiger partial charge in [0.15, 0.2) is 22.6 Å². The summed E-state index contributed by atoms with van der Waals surface area (Å²) in [7, 11) is 0. The Labute approximate surface area is 642 Å². The number of aromatic nitrogens is 16. The van der Waals surface area contributed by atoms with Gasteiger partial charge in [0.25, 0.3) is 0 Å². The van der Waals surface area contributed by atoms with Crippen LogP contribution in [0.3, 0.4) is 0 Å². The van der Waals surface area contributed by atoms with Gasteiger partial charge in [-0.1, -0.05) is 41.5 Å². The van der Waals surface area contributed by atoms with Crippen LogP contribution in [-0.2, 0) is 0 Å². The second-order valence-corrected chi connectivity index (χ2v) is 28.3. The molecule has 0 bridgehead atoms. The number of hydrogen-bond donors (Lipinski definition) is 2. The number of aryl methyl sites for hydroxylation is 12. The van der Waals surface area contributed by atoms with Crippen molar-refractivity contribution < 1.29 is 9.39 Å². The van der Waals surface area contributed by atoms with Crippen molar-refractivity contribution in [3.05, 3.63) is 310 Å². The first-order valence-electron chi connectivity index (χ1n) is 36.6. The third kappa shape index (κ3) is 20.4.